The van der Waals surface area contributed by atoms with E-state index in [2.05, 4.69) is 35.1 Å². The van der Waals surface area contributed by atoms with Gasteiger partial charge in [0.05, 0.1) is 5.56 Å². The van der Waals surface area contributed by atoms with Crippen molar-refractivity contribution in [3.05, 3.63) is 58.9 Å². The minimum atomic E-state index is -4.31. The number of phenolic OH excluding ortho intramolecular Hbond substituents is 1. The predicted octanol–water partition coefficient (Wildman–Crippen LogP) is 7.95. The molecule has 232 valence electrons. The van der Waals surface area contributed by atoms with Gasteiger partial charge in [-0.25, -0.2) is 0 Å². The molecular formula is C33H52F3N3O2. The number of halogens is 3. The van der Waals surface area contributed by atoms with Gasteiger partial charge >= 0.3 is 6.18 Å². The number of piperidine rings is 1. The number of rotatable bonds is 10. The summed E-state index contributed by atoms with van der Waals surface area (Å²) in [5.41, 5.74) is 1.95. The summed E-state index contributed by atoms with van der Waals surface area (Å²) in [7, 11) is 1.81. The van der Waals surface area contributed by atoms with Crippen molar-refractivity contribution in [3.63, 3.8) is 0 Å². The van der Waals surface area contributed by atoms with Gasteiger partial charge in [0, 0.05) is 30.9 Å². The van der Waals surface area contributed by atoms with E-state index in [1.807, 2.05) is 39.0 Å². The number of carbonyl (C=O) groups excluding carboxylic acids is 1. The minimum absolute atomic E-state index is 0.474. The van der Waals surface area contributed by atoms with Gasteiger partial charge in [0.1, 0.15) is 12.5 Å². The number of hydrogen-bond donors (Lipinski definition) is 2. The summed E-state index contributed by atoms with van der Waals surface area (Å²) >= 11 is 0. The van der Waals surface area contributed by atoms with Gasteiger partial charge in [0.15, 0.2) is 0 Å². The molecule has 8 heteroatoms. The fraction of sp³-hybridized carbons (Fsp3) is 0.636. The smallest absolute Gasteiger partial charge is 0.417 e. The van der Waals surface area contributed by atoms with Gasteiger partial charge in [-0.05, 0) is 81.4 Å². The van der Waals surface area contributed by atoms with Crippen LogP contribution in [0.5, 0.6) is 5.75 Å². The first-order chi connectivity index (χ1) is 19.7. The van der Waals surface area contributed by atoms with E-state index in [0.29, 0.717) is 30.1 Å². The van der Waals surface area contributed by atoms with E-state index in [4.69, 9.17) is 4.79 Å². The van der Waals surface area contributed by atoms with Crippen LogP contribution in [-0.2, 0) is 23.8 Å². The van der Waals surface area contributed by atoms with Crippen molar-refractivity contribution in [2.45, 2.75) is 110 Å². The van der Waals surface area contributed by atoms with Crippen molar-refractivity contribution in [1.82, 2.24) is 15.2 Å². The Labute approximate surface area is 246 Å². The summed E-state index contributed by atoms with van der Waals surface area (Å²) in [6, 6.07) is 9.82. The zero-order chi connectivity index (χ0) is 30.7. The lowest BCUT2D eigenvalue weighted by molar-refractivity contribution is -0.137. The number of phenols is 1. The van der Waals surface area contributed by atoms with Crippen LogP contribution in [0.1, 0.15) is 107 Å². The topological polar surface area (TPSA) is 65.5 Å². The molecule has 0 radical (unpaired) electrons. The number of carbonyl (C=O) groups is 1. The Morgan fingerprint density at radius 1 is 1.05 bits per heavy atom. The molecule has 0 bridgehead atoms. The summed E-state index contributed by atoms with van der Waals surface area (Å²) in [6.45, 7) is 11.6. The number of nitrogens with one attached hydrogen (secondary N) is 1. The number of para-hydroxylation sites is 1. The molecule has 41 heavy (non-hydrogen) atoms. The zero-order valence-corrected chi connectivity index (χ0v) is 25.6. The molecule has 4 rings (SSSR count). The van der Waals surface area contributed by atoms with Gasteiger partial charge in [0.2, 0.25) is 0 Å². The summed E-state index contributed by atoms with van der Waals surface area (Å²) < 4.78 is 37.6. The molecule has 2 fully saturated rings. The highest BCUT2D eigenvalue weighted by Gasteiger charge is 2.31. The molecular weight excluding hydrogens is 527 g/mol. The summed E-state index contributed by atoms with van der Waals surface area (Å²) in [5.74, 6) is 1.01. The maximum Gasteiger partial charge on any atom is 0.417 e. The third kappa shape index (κ3) is 13.8. The van der Waals surface area contributed by atoms with Crippen molar-refractivity contribution in [3.8, 4) is 5.75 Å². The van der Waals surface area contributed by atoms with Gasteiger partial charge in [0.25, 0.3) is 0 Å². The van der Waals surface area contributed by atoms with Crippen molar-refractivity contribution >= 4 is 6.79 Å². The molecule has 1 atom stereocenters. The monoisotopic (exact) mass is 579 g/mol. The van der Waals surface area contributed by atoms with E-state index in [-0.39, 0.29) is 0 Å². The second-order valence-electron chi connectivity index (χ2n) is 10.7. The molecule has 1 aliphatic carbocycles. The Hall–Kier alpha value is -2.45. The van der Waals surface area contributed by atoms with Crippen LogP contribution in [0.25, 0.3) is 0 Å². The van der Waals surface area contributed by atoms with Crippen molar-refractivity contribution < 1.29 is 23.1 Å². The van der Waals surface area contributed by atoms with Crippen molar-refractivity contribution in [1.29, 1.82) is 0 Å². The average molecular weight is 580 g/mol. The number of aromatic nitrogens is 1. The highest BCUT2D eigenvalue weighted by atomic mass is 19.4. The fourth-order valence-corrected chi connectivity index (χ4v) is 5.03. The maximum absolute atomic E-state index is 12.5. The second kappa shape index (κ2) is 20.4. The van der Waals surface area contributed by atoms with Crippen LogP contribution in [0.4, 0.5) is 13.2 Å². The molecule has 2 heterocycles. The molecule has 2 aromatic rings. The van der Waals surface area contributed by atoms with Crippen molar-refractivity contribution in [2.24, 2.45) is 0 Å². The molecule has 0 spiro atoms. The molecule has 1 saturated carbocycles. The lowest BCUT2D eigenvalue weighted by Crippen LogP contribution is -2.40. The predicted molar refractivity (Wildman–Crippen MR) is 162 cm³/mol. The number of hydrogen-bond acceptors (Lipinski definition) is 5. The van der Waals surface area contributed by atoms with E-state index in [1.54, 1.807) is 0 Å². The second-order valence-corrected chi connectivity index (χ2v) is 10.7. The molecule has 0 amide bonds. The standard InChI is InChI=1S/C17H27NO.C12H17F3N2.C3H6.CH2O/c1-3-7-15(4-2)18-12-10-14(11-13-18)16-8-5-6-9-17(16)19;1-3-4-9-7-10(12(13,14)15)8-17-11(9)5-6-16-2;1-2-3-1;1-2/h5-6,8-9,14-15,19H,3-4,7,10-13H2,1-2H3;7-8,16H,3-6H2,1-2H3;1-3H2;1H2. The maximum atomic E-state index is 12.5. The zero-order valence-electron chi connectivity index (χ0n) is 25.6. The van der Waals surface area contributed by atoms with Crippen LogP contribution in [0.2, 0.25) is 0 Å². The Morgan fingerprint density at radius 3 is 2.17 bits per heavy atom. The van der Waals surface area contributed by atoms with Gasteiger partial charge in [-0.3, -0.25) is 4.98 Å². The van der Waals surface area contributed by atoms with Crippen LogP contribution in [0.15, 0.2) is 36.5 Å². The number of aryl methyl sites for hydroxylation is 1. The summed E-state index contributed by atoms with van der Waals surface area (Å²) in [4.78, 5) is 14.6. The number of likely N-dealkylation sites (tertiary alicyclic amines) is 1. The lowest BCUT2D eigenvalue weighted by Gasteiger charge is -2.37. The van der Waals surface area contributed by atoms with Gasteiger partial charge in [-0.15, -0.1) is 0 Å². The number of alkyl halides is 3. The summed E-state index contributed by atoms with van der Waals surface area (Å²) in [6.07, 6.45) is 9.43. The molecule has 2 N–H and O–H groups in total. The summed E-state index contributed by atoms with van der Waals surface area (Å²) in [5, 5.41) is 12.9. The van der Waals surface area contributed by atoms with E-state index in [0.717, 1.165) is 36.5 Å². The quantitative estimate of drug-likeness (QED) is 0.299. The highest BCUT2D eigenvalue weighted by molar-refractivity contribution is 5.35. The third-order valence-corrected chi connectivity index (χ3v) is 7.39. The van der Waals surface area contributed by atoms with Crippen molar-refractivity contribution in [2.75, 3.05) is 26.7 Å². The van der Waals surface area contributed by atoms with Crippen LogP contribution < -0.4 is 5.32 Å². The molecule has 1 saturated heterocycles. The van der Waals surface area contributed by atoms with E-state index < -0.39 is 11.7 Å². The Balaban J connectivity index is 0.000000353. The number of nitrogens with zero attached hydrogens (tertiary/aromatic N) is 2. The molecule has 1 unspecified atom stereocenters. The largest absolute Gasteiger partial charge is 0.508 e. The number of benzene rings is 1. The minimum Gasteiger partial charge on any atom is -0.508 e. The first kappa shape index (κ1) is 36.6. The third-order valence-electron chi connectivity index (χ3n) is 7.39. The fourth-order valence-electron chi connectivity index (χ4n) is 5.03. The molecule has 1 aromatic heterocycles. The van der Waals surface area contributed by atoms with Crippen LogP contribution in [-0.4, -0.2) is 54.5 Å². The average Bonchev–Trinajstić information content (AvgIpc) is 3.87. The van der Waals surface area contributed by atoms with E-state index in [9.17, 15) is 18.3 Å². The Kier molecular flexibility index (Phi) is 18.2. The molecule has 5 nitrogen and oxygen atoms in total. The van der Waals surface area contributed by atoms with E-state index >= 15 is 0 Å². The number of pyridine rings is 1. The van der Waals surface area contributed by atoms with E-state index in [1.165, 1.54) is 70.5 Å². The number of aromatic hydroxyl groups is 1. The first-order valence-corrected chi connectivity index (χ1v) is 15.2. The highest BCUT2D eigenvalue weighted by Crippen LogP contribution is 2.34. The van der Waals surface area contributed by atoms with Gasteiger partial charge in [-0.2, -0.15) is 13.2 Å². The Bertz CT molecular complexity index is 958. The number of likely N-dealkylation sites (N-methyl/N-ethyl adjacent to an activating group) is 1. The molecule has 1 aliphatic heterocycles. The Morgan fingerprint density at radius 2 is 1.68 bits per heavy atom. The molecule has 1 aromatic carbocycles. The van der Waals surface area contributed by atoms with Crippen LogP contribution in [0, 0.1) is 0 Å². The lowest BCUT2D eigenvalue weighted by atomic mass is 9.88. The SMILES string of the molecule is C1CC1.C=O.CCCC(CC)N1CCC(c2ccccc2O)CC1.CCCc1cc(C(F)(F)F)cnc1CCNC. The van der Waals surface area contributed by atoms with Crippen LogP contribution in [0.3, 0.4) is 0 Å². The first-order valence-electron chi connectivity index (χ1n) is 15.2. The molecule has 2 aliphatic rings. The van der Waals surface area contributed by atoms with Gasteiger partial charge in [-0.1, -0.05) is 71.1 Å². The van der Waals surface area contributed by atoms with Gasteiger partial charge < -0.3 is 20.1 Å². The van der Waals surface area contributed by atoms with Crippen LogP contribution >= 0.6 is 0 Å². The normalized spacial score (nSPS) is 15.8.